The van der Waals surface area contributed by atoms with Crippen LogP contribution in [0, 0.1) is 5.92 Å². The summed E-state index contributed by atoms with van der Waals surface area (Å²) in [5.41, 5.74) is 6.99. The van der Waals surface area contributed by atoms with E-state index < -0.39 is 5.54 Å². The summed E-state index contributed by atoms with van der Waals surface area (Å²) in [6.07, 6.45) is 4.00. The van der Waals surface area contributed by atoms with E-state index >= 15 is 0 Å². The molecule has 22 heavy (non-hydrogen) atoms. The van der Waals surface area contributed by atoms with Crippen LogP contribution in [-0.4, -0.2) is 30.2 Å². The Hall–Kier alpha value is -1.75. The van der Waals surface area contributed by atoms with Gasteiger partial charge in [0.25, 0.3) is 0 Å². The second kappa shape index (κ2) is 5.80. The molecule has 1 aliphatic heterocycles. The van der Waals surface area contributed by atoms with Crippen LogP contribution in [0.1, 0.15) is 38.2 Å². The van der Waals surface area contributed by atoms with Crippen LogP contribution in [0.15, 0.2) is 18.2 Å². The molecule has 1 fully saturated rings. The summed E-state index contributed by atoms with van der Waals surface area (Å²) in [5.74, 6) is 1.57. The molecule has 0 aromatic heterocycles. The number of benzene rings is 1. The number of ether oxygens (including phenoxy) is 2. The largest absolute Gasteiger partial charge is 0.454 e. The third kappa shape index (κ3) is 2.90. The quantitative estimate of drug-likeness (QED) is 0.930. The minimum Gasteiger partial charge on any atom is -0.454 e. The van der Waals surface area contributed by atoms with Crippen molar-refractivity contribution in [2.75, 3.05) is 13.8 Å². The van der Waals surface area contributed by atoms with E-state index in [0.29, 0.717) is 6.54 Å². The Labute approximate surface area is 131 Å². The van der Waals surface area contributed by atoms with Crippen molar-refractivity contribution in [2.24, 2.45) is 11.7 Å². The van der Waals surface area contributed by atoms with Crippen LogP contribution in [0.3, 0.4) is 0 Å². The lowest BCUT2D eigenvalue weighted by Crippen LogP contribution is -2.53. The van der Waals surface area contributed by atoms with Gasteiger partial charge in [0, 0.05) is 19.1 Å². The van der Waals surface area contributed by atoms with Crippen molar-refractivity contribution in [1.82, 2.24) is 4.90 Å². The Kier molecular flexibility index (Phi) is 4.00. The van der Waals surface area contributed by atoms with Crippen molar-refractivity contribution in [3.8, 4) is 11.5 Å². The van der Waals surface area contributed by atoms with Crippen molar-refractivity contribution in [1.29, 1.82) is 0 Å². The van der Waals surface area contributed by atoms with E-state index in [1.54, 1.807) is 4.90 Å². The highest BCUT2D eigenvalue weighted by Crippen LogP contribution is 2.34. The first kappa shape index (κ1) is 15.2. The Balaban J connectivity index is 1.68. The van der Waals surface area contributed by atoms with Gasteiger partial charge in [-0.15, -0.1) is 0 Å². The monoisotopic (exact) mass is 304 g/mol. The molecule has 1 heterocycles. The van der Waals surface area contributed by atoms with Crippen LogP contribution in [-0.2, 0) is 11.3 Å². The van der Waals surface area contributed by atoms with E-state index in [1.165, 1.54) is 0 Å². The molecule has 1 aliphatic carbocycles. The summed E-state index contributed by atoms with van der Waals surface area (Å²) in [4.78, 5) is 14.5. The molecule has 0 bridgehead atoms. The molecule has 2 aliphatic rings. The van der Waals surface area contributed by atoms with Gasteiger partial charge in [0.1, 0.15) is 0 Å². The third-order valence-electron chi connectivity index (χ3n) is 4.79. The molecule has 5 nitrogen and oxygen atoms in total. The summed E-state index contributed by atoms with van der Waals surface area (Å²) in [5, 5.41) is 0. The maximum atomic E-state index is 12.7. The molecule has 3 rings (SSSR count). The number of hydrogen-bond donors (Lipinski definition) is 1. The van der Waals surface area contributed by atoms with Gasteiger partial charge in [0.05, 0.1) is 5.92 Å². The summed E-state index contributed by atoms with van der Waals surface area (Å²) < 4.78 is 10.7. The first-order chi connectivity index (χ1) is 10.5. The molecule has 1 saturated carbocycles. The van der Waals surface area contributed by atoms with Crippen LogP contribution < -0.4 is 15.2 Å². The lowest BCUT2D eigenvalue weighted by molar-refractivity contribution is -0.138. The number of carbonyl (C=O) groups is 1. The van der Waals surface area contributed by atoms with E-state index in [-0.39, 0.29) is 18.6 Å². The first-order valence-corrected chi connectivity index (χ1v) is 7.90. The van der Waals surface area contributed by atoms with Crippen molar-refractivity contribution in [3.63, 3.8) is 0 Å². The molecule has 120 valence electrons. The molecule has 2 N–H and O–H groups in total. The van der Waals surface area contributed by atoms with E-state index in [9.17, 15) is 4.79 Å². The minimum atomic E-state index is -0.390. The standard InChI is InChI=1S/C17H24N2O3/c1-17(18)8-4-3-5-13(17)16(20)19(2)10-12-6-7-14-15(9-12)22-11-21-14/h6-7,9,13H,3-5,8,10-11,18H2,1-2H3. The zero-order chi connectivity index (χ0) is 15.7. The Morgan fingerprint density at radius 3 is 2.91 bits per heavy atom. The summed E-state index contributed by atoms with van der Waals surface area (Å²) >= 11 is 0. The third-order valence-corrected chi connectivity index (χ3v) is 4.79. The van der Waals surface area contributed by atoms with E-state index in [1.807, 2.05) is 32.2 Å². The van der Waals surface area contributed by atoms with Crippen LogP contribution in [0.5, 0.6) is 11.5 Å². The van der Waals surface area contributed by atoms with Crippen molar-refractivity contribution in [3.05, 3.63) is 23.8 Å². The highest BCUT2D eigenvalue weighted by atomic mass is 16.7. The Bertz CT molecular complexity index is 571. The molecule has 2 unspecified atom stereocenters. The highest BCUT2D eigenvalue weighted by molar-refractivity contribution is 5.80. The molecule has 1 amide bonds. The van der Waals surface area contributed by atoms with Gasteiger partial charge in [-0.05, 0) is 37.5 Å². The maximum Gasteiger partial charge on any atom is 0.231 e. The number of rotatable bonds is 3. The Morgan fingerprint density at radius 1 is 1.36 bits per heavy atom. The maximum absolute atomic E-state index is 12.7. The average Bonchev–Trinajstić information content (AvgIpc) is 2.93. The molecule has 0 radical (unpaired) electrons. The zero-order valence-electron chi connectivity index (χ0n) is 13.3. The van der Waals surface area contributed by atoms with E-state index in [0.717, 1.165) is 42.7 Å². The molecule has 0 spiro atoms. The molecule has 1 aromatic carbocycles. The number of amides is 1. The van der Waals surface area contributed by atoms with Gasteiger partial charge < -0.3 is 20.1 Å². The summed E-state index contributed by atoms with van der Waals surface area (Å²) in [6.45, 7) is 2.83. The fourth-order valence-corrected chi connectivity index (χ4v) is 3.42. The smallest absolute Gasteiger partial charge is 0.231 e. The van der Waals surface area contributed by atoms with Gasteiger partial charge in [0.2, 0.25) is 12.7 Å². The van der Waals surface area contributed by atoms with Crippen molar-refractivity contribution < 1.29 is 14.3 Å². The highest BCUT2D eigenvalue weighted by Gasteiger charge is 2.39. The predicted octanol–water partition coefficient (Wildman–Crippen LogP) is 2.28. The zero-order valence-corrected chi connectivity index (χ0v) is 13.3. The molecule has 0 saturated heterocycles. The lowest BCUT2D eigenvalue weighted by atomic mass is 9.74. The predicted molar refractivity (Wildman–Crippen MR) is 83.6 cm³/mol. The number of nitrogens with two attached hydrogens (primary N) is 1. The SMILES string of the molecule is CN(Cc1ccc2c(c1)OCO2)C(=O)C1CCCCC1(C)N. The van der Waals surface area contributed by atoms with Crippen LogP contribution in [0.4, 0.5) is 0 Å². The molecular formula is C17H24N2O3. The molecule has 2 atom stereocenters. The van der Waals surface area contributed by atoms with Gasteiger partial charge in [-0.3, -0.25) is 4.79 Å². The van der Waals surface area contributed by atoms with Gasteiger partial charge >= 0.3 is 0 Å². The molecule has 1 aromatic rings. The van der Waals surface area contributed by atoms with Crippen molar-refractivity contribution in [2.45, 2.75) is 44.7 Å². The Morgan fingerprint density at radius 2 is 2.14 bits per heavy atom. The first-order valence-electron chi connectivity index (χ1n) is 7.90. The number of hydrogen-bond acceptors (Lipinski definition) is 4. The minimum absolute atomic E-state index is 0.0831. The fraction of sp³-hybridized carbons (Fsp3) is 0.588. The molecule has 5 heteroatoms. The fourth-order valence-electron chi connectivity index (χ4n) is 3.42. The molecular weight excluding hydrogens is 280 g/mol. The second-order valence-corrected chi connectivity index (χ2v) is 6.69. The summed E-state index contributed by atoms with van der Waals surface area (Å²) in [7, 11) is 1.84. The van der Waals surface area contributed by atoms with E-state index in [4.69, 9.17) is 15.2 Å². The normalized spacial score (nSPS) is 26.8. The number of nitrogens with zero attached hydrogens (tertiary/aromatic N) is 1. The average molecular weight is 304 g/mol. The number of carbonyl (C=O) groups excluding carboxylic acids is 1. The summed E-state index contributed by atoms with van der Waals surface area (Å²) in [6, 6.07) is 5.80. The van der Waals surface area contributed by atoms with Gasteiger partial charge in [-0.2, -0.15) is 0 Å². The van der Waals surface area contributed by atoms with Crippen LogP contribution in [0.2, 0.25) is 0 Å². The van der Waals surface area contributed by atoms with Gasteiger partial charge in [-0.25, -0.2) is 0 Å². The number of fused-ring (bicyclic) bond motifs is 1. The van der Waals surface area contributed by atoms with Crippen LogP contribution in [0.25, 0.3) is 0 Å². The second-order valence-electron chi connectivity index (χ2n) is 6.69. The van der Waals surface area contributed by atoms with E-state index in [2.05, 4.69) is 0 Å². The van der Waals surface area contributed by atoms with Crippen molar-refractivity contribution >= 4 is 5.91 Å². The van der Waals surface area contributed by atoms with Crippen LogP contribution >= 0.6 is 0 Å². The topological polar surface area (TPSA) is 64.8 Å². The van der Waals surface area contributed by atoms with Gasteiger partial charge in [-0.1, -0.05) is 18.9 Å². The lowest BCUT2D eigenvalue weighted by Gasteiger charge is -2.39. The van der Waals surface area contributed by atoms with Gasteiger partial charge in [0.15, 0.2) is 11.5 Å².